The van der Waals surface area contributed by atoms with Crippen molar-refractivity contribution in [3.8, 4) is 0 Å². The summed E-state index contributed by atoms with van der Waals surface area (Å²) in [6.45, 7) is 2.55. The lowest BCUT2D eigenvalue weighted by atomic mass is 10.2. The van der Waals surface area contributed by atoms with Crippen LogP contribution in [-0.4, -0.2) is 32.2 Å². The SMILES string of the molecule is CC(Cn1cccn1)NC(=O)c1ccc(S(C)=O)cc1. The molecule has 0 bridgehead atoms. The molecule has 106 valence electrons. The van der Waals surface area contributed by atoms with Crippen LogP contribution in [0.1, 0.15) is 17.3 Å². The van der Waals surface area contributed by atoms with E-state index in [1.54, 1.807) is 41.4 Å². The summed E-state index contributed by atoms with van der Waals surface area (Å²) in [5.41, 5.74) is 0.562. The Morgan fingerprint density at radius 1 is 1.40 bits per heavy atom. The van der Waals surface area contributed by atoms with Gasteiger partial charge in [-0.1, -0.05) is 0 Å². The van der Waals surface area contributed by atoms with Crippen molar-refractivity contribution in [2.45, 2.75) is 24.4 Å². The minimum absolute atomic E-state index is 0.0256. The Kier molecular flexibility index (Phi) is 4.68. The number of carbonyl (C=O) groups excluding carboxylic acids is 1. The lowest BCUT2D eigenvalue weighted by molar-refractivity contribution is 0.0936. The summed E-state index contributed by atoms with van der Waals surface area (Å²) < 4.78 is 13.1. The highest BCUT2D eigenvalue weighted by atomic mass is 32.2. The third-order valence-electron chi connectivity index (χ3n) is 2.85. The highest BCUT2D eigenvalue weighted by molar-refractivity contribution is 7.84. The van der Waals surface area contributed by atoms with Crippen molar-refractivity contribution >= 4 is 16.7 Å². The van der Waals surface area contributed by atoms with Crippen LogP contribution in [0.3, 0.4) is 0 Å². The van der Waals surface area contributed by atoms with Crippen LogP contribution in [0.5, 0.6) is 0 Å². The summed E-state index contributed by atoms with van der Waals surface area (Å²) in [6.07, 6.45) is 5.17. The molecule has 1 heterocycles. The lowest BCUT2D eigenvalue weighted by Gasteiger charge is -2.14. The van der Waals surface area contributed by atoms with E-state index in [1.165, 1.54) is 0 Å². The van der Waals surface area contributed by atoms with Crippen LogP contribution in [0.2, 0.25) is 0 Å². The fourth-order valence-electron chi connectivity index (χ4n) is 1.84. The molecule has 0 aliphatic rings. The molecule has 2 aromatic rings. The number of nitrogens with one attached hydrogen (secondary N) is 1. The van der Waals surface area contributed by atoms with Gasteiger partial charge in [0.15, 0.2) is 0 Å². The van der Waals surface area contributed by atoms with Gasteiger partial charge in [0, 0.05) is 45.9 Å². The molecule has 5 nitrogen and oxygen atoms in total. The van der Waals surface area contributed by atoms with Crippen molar-refractivity contribution < 1.29 is 9.00 Å². The predicted octanol–water partition coefficient (Wildman–Crippen LogP) is 1.44. The number of amides is 1. The standard InChI is InChI=1S/C14H17N3O2S/c1-11(10-17-9-3-8-15-17)16-14(18)12-4-6-13(7-5-12)20(2)19/h3-9,11H,10H2,1-2H3,(H,16,18). The van der Waals surface area contributed by atoms with Crippen molar-refractivity contribution in [1.29, 1.82) is 0 Å². The Labute approximate surface area is 120 Å². The summed E-state index contributed by atoms with van der Waals surface area (Å²) >= 11 is 0. The van der Waals surface area contributed by atoms with Gasteiger partial charge in [-0.3, -0.25) is 13.7 Å². The van der Waals surface area contributed by atoms with E-state index >= 15 is 0 Å². The Balaban J connectivity index is 1.95. The van der Waals surface area contributed by atoms with E-state index in [9.17, 15) is 9.00 Å². The second-order valence-corrected chi connectivity index (χ2v) is 5.96. The molecule has 0 saturated carbocycles. The van der Waals surface area contributed by atoms with E-state index in [0.717, 1.165) is 0 Å². The number of hydrogen-bond acceptors (Lipinski definition) is 3. The van der Waals surface area contributed by atoms with E-state index in [0.29, 0.717) is 17.0 Å². The average Bonchev–Trinajstić information content (AvgIpc) is 2.91. The summed E-state index contributed by atoms with van der Waals surface area (Å²) in [4.78, 5) is 12.8. The zero-order chi connectivity index (χ0) is 14.5. The van der Waals surface area contributed by atoms with E-state index in [4.69, 9.17) is 0 Å². The molecule has 6 heteroatoms. The second kappa shape index (κ2) is 6.47. The first-order chi connectivity index (χ1) is 9.56. The topological polar surface area (TPSA) is 64.0 Å². The zero-order valence-corrected chi connectivity index (χ0v) is 12.3. The van der Waals surface area contributed by atoms with Gasteiger partial charge in [-0.2, -0.15) is 5.10 Å². The normalized spacial score (nSPS) is 13.7. The number of nitrogens with zero attached hydrogens (tertiary/aromatic N) is 2. The molecule has 0 aliphatic heterocycles. The molecule has 1 amide bonds. The molecule has 0 fully saturated rings. The monoisotopic (exact) mass is 291 g/mol. The summed E-state index contributed by atoms with van der Waals surface area (Å²) in [5.74, 6) is -0.141. The van der Waals surface area contributed by atoms with E-state index in [2.05, 4.69) is 10.4 Å². The number of carbonyl (C=O) groups is 1. The van der Waals surface area contributed by atoms with Gasteiger partial charge in [-0.05, 0) is 37.3 Å². The third-order valence-corrected chi connectivity index (χ3v) is 3.78. The molecule has 2 rings (SSSR count). The molecule has 0 spiro atoms. The number of aromatic nitrogens is 2. The fourth-order valence-corrected chi connectivity index (χ4v) is 2.36. The first-order valence-electron chi connectivity index (χ1n) is 6.28. The van der Waals surface area contributed by atoms with Gasteiger partial charge in [-0.25, -0.2) is 0 Å². The van der Waals surface area contributed by atoms with Crippen LogP contribution in [0.25, 0.3) is 0 Å². The van der Waals surface area contributed by atoms with E-state index in [-0.39, 0.29) is 11.9 Å². The van der Waals surface area contributed by atoms with Gasteiger partial charge in [0.2, 0.25) is 0 Å². The third kappa shape index (κ3) is 3.77. The Bertz CT molecular complexity index is 593. The minimum atomic E-state index is -1.03. The Morgan fingerprint density at radius 3 is 2.65 bits per heavy atom. The Hall–Kier alpha value is -1.95. The second-order valence-electron chi connectivity index (χ2n) is 4.58. The molecule has 20 heavy (non-hydrogen) atoms. The first kappa shape index (κ1) is 14.5. The summed E-state index contributed by atoms with van der Waals surface area (Å²) in [5, 5.41) is 7.01. The van der Waals surface area contributed by atoms with Crippen LogP contribution >= 0.6 is 0 Å². The van der Waals surface area contributed by atoms with Crippen molar-refractivity contribution in [3.05, 3.63) is 48.3 Å². The van der Waals surface area contributed by atoms with E-state index in [1.807, 2.05) is 19.2 Å². The van der Waals surface area contributed by atoms with Crippen molar-refractivity contribution in [3.63, 3.8) is 0 Å². The largest absolute Gasteiger partial charge is 0.348 e. The van der Waals surface area contributed by atoms with Crippen LogP contribution in [0.15, 0.2) is 47.6 Å². The molecule has 2 atom stereocenters. The number of rotatable bonds is 5. The van der Waals surface area contributed by atoms with Crippen LogP contribution < -0.4 is 5.32 Å². The van der Waals surface area contributed by atoms with Gasteiger partial charge in [-0.15, -0.1) is 0 Å². The molecule has 0 saturated heterocycles. The van der Waals surface area contributed by atoms with Crippen LogP contribution in [0.4, 0.5) is 0 Å². The van der Waals surface area contributed by atoms with Crippen molar-refractivity contribution in [2.24, 2.45) is 0 Å². The summed E-state index contributed by atoms with van der Waals surface area (Å²) in [6, 6.07) is 8.62. The molecule has 1 aromatic heterocycles. The molecule has 1 aromatic carbocycles. The lowest BCUT2D eigenvalue weighted by Crippen LogP contribution is -2.35. The van der Waals surface area contributed by atoms with Gasteiger partial charge < -0.3 is 5.32 Å². The highest BCUT2D eigenvalue weighted by Gasteiger charge is 2.10. The van der Waals surface area contributed by atoms with Gasteiger partial charge in [0.05, 0.1) is 6.54 Å². The Morgan fingerprint density at radius 2 is 2.10 bits per heavy atom. The minimum Gasteiger partial charge on any atom is -0.348 e. The maximum absolute atomic E-state index is 12.0. The molecule has 1 N–H and O–H groups in total. The molecule has 0 radical (unpaired) electrons. The maximum Gasteiger partial charge on any atom is 0.251 e. The van der Waals surface area contributed by atoms with Crippen molar-refractivity contribution in [2.75, 3.05) is 6.26 Å². The number of hydrogen-bond donors (Lipinski definition) is 1. The average molecular weight is 291 g/mol. The molecular formula is C14H17N3O2S. The highest BCUT2D eigenvalue weighted by Crippen LogP contribution is 2.08. The quantitative estimate of drug-likeness (QED) is 0.906. The zero-order valence-electron chi connectivity index (χ0n) is 11.4. The van der Waals surface area contributed by atoms with E-state index < -0.39 is 10.8 Å². The van der Waals surface area contributed by atoms with Crippen LogP contribution in [-0.2, 0) is 17.3 Å². The van der Waals surface area contributed by atoms with Gasteiger partial charge in [0.1, 0.15) is 0 Å². The predicted molar refractivity (Wildman–Crippen MR) is 77.9 cm³/mol. The smallest absolute Gasteiger partial charge is 0.251 e. The first-order valence-corrected chi connectivity index (χ1v) is 7.84. The van der Waals surface area contributed by atoms with Gasteiger partial charge >= 0.3 is 0 Å². The van der Waals surface area contributed by atoms with Crippen molar-refractivity contribution in [1.82, 2.24) is 15.1 Å². The molecular weight excluding hydrogens is 274 g/mol. The van der Waals surface area contributed by atoms with Gasteiger partial charge in [0.25, 0.3) is 5.91 Å². The molecule has 2 unspecified atom stereocenters. The summed E-state index contributed by atoms with van der Waals surface area (Å²) in [7, 11) is -1.03. The maximum atomic E-state index is 12.0. The number of benzene rings is 1. The van der Waals surface area contributed by atoms with Crippen LogP contribution in [0, 0.1) is 0 Å². The fraction of sp³-hybridized carbons (Fsp3) is 0.286. The molecule has 0 aliphatic carbocycles.